The molecule has 2 heteroatoms. The van der Waals surface area contributed by atoms with Crippen LogP contribution in [0, 0.1) is 11.8 Å². The van der Waals surface area contributed by atoms with Gasteiger partial charge in [-0.3, -0.25) is 0 Å². The Morgan fingerprint density at radius 2 is 1.84 bits per heavy atom. The minimum atomic E-state index is 0.488. The quantitative estimate of drug-likeness (QED) is 0.865. The van der Waals surface area contributed by atoms with Gasteiger partial charge in [-0.15, -0.1) is 0 Å². The summed E-state index contributed by atoms with van der Waals surface area (Å²) >= 11 is 0. The van der Waals surface area contributed by atoms with Crippen LogP contribution in [0.4, 0.5) is 0 Å². The Bertz CT molecular complexity index is 410. The van der Waals surface area contributed by atoms with Gasteiger partial charge in [0.1, 0.15) is 5.75 Å². The van der Waals surface area contributed by atoms with Gasteiger partial charge in [-0.1, -0.05) is 25.5 Å². The van der Waals surface area contributed by atoms with Gasteiger partial charge in [0.2, 0.25) is 0 Å². The lowest BCUT2D eigenvalue weighted by atomic mass is 9.91. The van der Waals surface area contributed by atoms with Crippen LogP contribution < -0.4 is 10.1 Å². The molecule has 3 unspecified atom stereocenters. The van der Waals surface area contributed by atoms with Gasteiger partial charge in [0.05, 0.1) is 6.10 Å². The molecule has 1 aromatic rings. The summed E-state index contributed by atoms with van der Waals surface area (Å²) in [6.45, 7) is 2.37. The smallest absolute Gasteiger partial charge is 0.119 e. The van der Waals surface area contributed by atoms with Gasteiger partial charge in [-0.25, -0.2) is 0 Å². The first-order chi connectivity index (χ1) is 9.26. The average Bonchev–Trinajstić information content (AvgIpc) is 3.13. The highest BCUT2D eigenvalue weighted by Gasteiger charge is 2.29. The molecule has 0 amide bonds. The van der Waals surface area contributed by atoms with Crippen molar-refractivity contribution in [1.29, 1.82) is 0 Å². The van der Waals surface area contributed by atoms with E-state index < -0.39 is 0 Å². The van der Waals surface area contributed by atoms with Crippen LogP contribution in [0.25, 0.3) is 0 Å². The Kier molecular flexibility index (Phi) is 3.79. The average molecular weight is 259 g/mol. The van der Waals surface area contributed by atoms with E-state index in [0.717, 1.165) is 17.6 Å². The summed E-state index contributed by atoms with van der Waals surface area (Å²) in [5.41, 5.74) is 1.41. The van der Waals surface area contributed by atoms with Crippen LogP contribution in [-0.2, 0) is 0 Å². The van der Waals surface area contributed by atoms with Crippen LogP contribution in [0.2, 0.25) is 0 Å². The van der Waals surface area contributed by atoms with Crippen molar-refractivity contribution in [3.8, 4) is 5.75 Å². The Balaban J connectivity index is 1.68. The first-order valence-electron chi connectivity index (χ1n) is 7.70. The van der Waals surface area contributed by atoms with E-state index in [9.17, 15) is 0 Å². The number of hydrogen-bond donors (Lipinski definition) is 1. The molecule has 0 saturated heterocycles. The maximum absolute atomic E-state index is 5.82. The van der Waals surface area contributed by atoms with Crippen molar-refractivity contribution in [3.05, 3.63) is 29.8 Å². The zero-order valence-electron chi connectivity index (χ0n) is 12.1. The molecule has 0 aromatic heterocycles. The molecule has 3 rings (SSSR count). The third kappa shape index (κ3) is 3.11. The number of benzene rings is 1. The first kappa shape index (κ1) is 13.0. The molecule has 104 valence electrons. The van der Waals surface area contributed by atoms with Gasteiger partial charge in [0.15, 0.2) is 0 Å². The predicted molar refractivity (Wildman–Crippen MR) is 78.4 cm³/mol. The molecule has 2 aliphatic rings. The molecule has 19 heavy (non-hydrogen) atoms. The Morgan fingerprint density at radius 3 is 2.37 bits per heavy atom. The van der Waals surface area contributed by atoms with Crippen LogP contribution in [0.15, 0.2) is 24.3 Å². The number of hydrogen-bond acceptors (Lipinski definition) is 2. The molecular weight excluding hydrogens is 234 g/mol. The molecular formula is C17H25NO. The Morgan fingerprint density at radius 1 is 1.11 bits per heavy atom. The summed E-state index contributed by atoms with van der Waals surface area (Å²) in [4.78, 5) is 0. The molecule has 1 N–H and O–H groups in total. The molecule has 2 nitrogen and oxygen atoms in total. The monoisotopic (exact) mass is 259 g/mol. The minimum Gasteiger partial charge on any atom is -0.490 e. The van der Waals surface area contributed by atoms with E-state index in [1.54, 1.807) is 0 Å². The van der Waals surface area contributed by atoms with Gasteiger partial charge in [0.25, 0.3) is 0 Å². The molecule has 2 fully saturated rings. The third-order valence-corrected chi connectivity index (χ3v) is 4.58. The van der Waals surface area contributed by atoms with E-state index in [2.05, 4.69) is 43.6 Å². The number of rotatable bonds is 5. The Labute approximate surface area is 116 Å². The summed E-state index contributed by atoms with van der Waals surface area (Å²) in [6.07, 6.45) is 7.02. The summed E-state index contributed by atoms with van der Waals surface area (Å²) < 4.78 is 5.82. The fraction of sp³-hybridized carbons (Fsp3) is 0.647. The second-order valence-electron chi connectivity index (χ2n) is 6.33. The van der Waals surface area contributed by atoms with Crippen LogP contribution in [0.5, 0.6) is 5.75 Å². The second-order valence-corrected chi connectivity index (χ2v) is 6.33. The zero-order chi connectivity index (χ0) is 13.2. The minimum absolute atomic E-state index is 0.488. The second kappa shape index (κ2) is 5.54. The SMILES string of the molecule is CNC(c1ccc(OC2CC2)cc1)C1CCC(C)C1. The van der Waals surface area contributed by atoms with Crippen LogP contribution >= 0.6 is 0 Å². The van der Waals surface area contributed by atoms with Gasteiger partial charge in [0, 0.05) is 6.04 Å². The van der Waals surface area contributed by atoms with E-state index in [-0.39, 0.29) is 0 Å². The van der Waals surface area contributed by atoms with E-state index in [1.807, 2.05) is 0 Å². The van der Waals surface area contributed by atoms with Crippen molar-refractivity contribution < 1.29 is 4.74 Å². The molecule has 0 heterocycles. The third-order valence-electron chi connectivity index (χ3n) is 4.58. The van der Waals surface area contributed by atoms with Gasteiger partial charge in [-0.05, 0) is 62.3 Å². The normalized spacial score (nSPS) is 28.3. The highest BCUT2D eigenvalue weighted by atomic mass is 16.5. The van der Waals surface area contributed by atoms with Crippen molar-refractivity contribution in [3.63, 3.8) is 0 Å². The Hall–Kier alpha value is -1.02. The summed E-state index contributed by atoms with van der Waals surface area (Å²) in [5, 5.41) is 3.51. The van der Waals surface area contributed by atoms with Crippen molar-refractivity contribution >= 4 is 0 Å². The van der Waals surface area contributed by atoms with E-state index in [4.69, 9.17) is 4.74 Å². The first-order valence-corrected chi connectivity index (χ1v) is 7.70. The van der Waals surface area contributed by atoms with Crippen molar-refractivity contribution in [2.45, 2.75) is 51.2 Å². The van der Waals surface area contributed by atoms with Gasteiger partial charge in [-0.2, -0.15) is 0 Å². The van der Waals surface area contributed by atoms with E-state index in [0.29, 0.717) is 12.1 Å². The van der Waals surface area contributed by atoms with E-state index in [1.165, 1.54) is 37.7 Å². The molecule has 2 aliphatic carbocycles. The topological polar surface area (TPSA) is 21.3 Å². The van der Waals surface area contributed by atoms with Gasteiger partial charge >= 0.3 is 0 Å². The molecule has 0 aliphatic heterocycles. The summed E-state index contributed by atoms with van der Waals surface area (Å²) in [7, 11) is 2.09. The lowest BCUT2D eigenvalue weighted by molar-refractivity contribution is 0.302. The summed E-state index contributed by atoms with van der Waals surface area (Å²) in [5.74, 6) is 2.70. The van der Waals surface area contributed by atoms with Crippen molar-refractivity contribution in [2.24, 2.45) is 11.8 Å². The highest BCUT2D eigenvalue weighted by molar-refractivity contribution is 5.30. The molecule has 0 radical (unpaired) electrons. The van der Waals surface area contributed by atoms with Crippen LogP contribution in [0.3, 0.4) is 0 Å². The zero-order valence-corrected chi connectivity index (χ0v) is 12.1. The number of ether oxygens (including phenoxy) is 1. The van der Waals surface area contributed by atoms with Gasteiger partial charge < -0.3 is 10.1 Å². The molecule has 1 aromatic carbocycles. The molecule has 2 saturated carbocycles. The van der Waals surface area contributed by atoms with E-state index >= 15 is 0 Å². The lowest BCUT2D eigenvalue weighted by Gasteiger charge is -2.24. The van der Waals surface area contributed by atoms with Crippen molar-refractivity contribution in [2.75, 3.05) is 7.05 Å². The highest BCUT2D eigenvalue weighted by Crippen LogP contribution is 2.39. The lowest BCUT2D eigenvalue weighted by Crippen LogP contribution is -2.23. The predicted octanol–water partition coefficient (Wildman–Crippen LogP) is 3.92. The molecule has 0 bridgehead atoms. The summed E-state index contributed by atoms with van der Waals surface area (Å²) in [6, 6.07) is 9.25. The molecule has 0 spiro atoms. The fourth-order valence-corrected chi connectivity index (χ4v) is 3.36. The van der Waals surface area contributed by atoms with Crippen molar-refractivity contribution in [1.82, 2.24) is 5.32 Å². The van der Waals surface area contributed by atoms with Crippen LogP contribution in [-0.4, -0.2) is 13.2 Å². The largest absolute Gasteiger partial charge is 0.490 e. The molecule has 3 atom stereocenters. The fourth-order valence-electron chi connectivity index (χ4n) is 3.36. The van der Waals surface area contributed by atoms with Crippen LogP contribution in [0.1, 0.15) is 50.6 Å². The standard InChI is InChI=1S/C17H25NO/c1-12-3-4-14(11-12)17(18-2)13-5-7-15(8-6-13)19-16-9-10-16/h5-8,12,14,16-18H,3-4,9-11H2,1-2H3. The number of nitrogens with one attached hydrogen (secondary N) is 1. The maximum Gasteiger partial charge on any atom is 0.119 e. The maximum atomic E-state index is 5.82.